The zero-order chi connectivity index (χ0) is 15.5. The Morgan fingerprint density at radius 2 is 2.05 bits per heavy atom. The van der Waals surface area contributed by atoms with E-state index in [9.17, 15) is 9.90 Å². The van der Waals surface area contributed by atoms with Crippen LogP contribution in [-0.2, 0) is 9.53 Å². The van der Waals surface area contributed by atoms with Crippen LogP contribution in [0.15, 0.2) is 23.0 Å². The molecule has 6 atom stereocenters. The van der Waals surface area contributed by atoms with E-state index in [0.29, 0.717) is 23.5 Å². The molecule has 1 saturated heterocycles. The van der Waals surface area contributed by atoms with Gasteiger partial charge in [0, 0.05) is 16.4 Å². The summed E-state index contributed by atoms with van der Waals surface area (Å²) in [5.74, 6) is 0.288. The summed E-state index contributed by atoms with van der Waals surface area (Å²) in [6.07, 6.45) is 8.58. The van der Waals surface area contributed by atoms with Gasteiger partial charge in [-0.05, 0) is 56.4 Å². The minimum atomic E-state index is -0.170. The number of carbonyl (C=O) groups is 1. The Bertz CT molecular complexity index is 674. The molecule has 0 aromatic carbocycles. The van der Waals surface area contributed by atoms with Crippen molar-refractivity contribution < 1.29 is 14.6 Å². The van der Waals surface area contributed by atoms with Gasteiger partial charge in [0.1, 0.15) is 0 Å². The molecule has 22 heavy (non-hydrogen) atoms. The number of ether oxygens (including phenoxy) is 1. The number of aliphatic hydroxyl groups is 1. The monoisotopic (exact) mass is 300 g/mol. The third-order valence-electron chi connectivity index (χ3n) is 7.85. The fourth-order valence-electron chi connectivity index (χ4n) is 6.94. The van der Waals surface area contributed by atoms with Crippen LogP contribution in [0, 0.1) is 22.2 Å². The molecule has 0 aromatic rings. The third kappa shape index (κ3) is 1.24. The van der Waals surface area contributed by atoms with Gasteiger partial charge in [-0.3, -0.25) is 4.79 Å². The summed E-state index contributed by atoms with van der Waals surface area (Å²) in [5, 5.41) is 10.2. The summed E-state index contributed by atoms with van der Waals surface area (Å²) in [5.41, 5.74) is 2.54. The van der Waals surface area contributed by atoms with Gasteiger partial charge in [0.2, 0.25) is 5.78 Å². The van der Waals surface area contributed by atoms with E-state index in [1.54, 1.807) is 0 Å². The van der Waals surface area contributed by atoms with E-state index in [2.05, 4.69) is 13.8 Å². The molecule has 1 spiro atoms. The van der Waals surface area contributed by atoms with Crippen LogP contribution >= 0.6 is 0 Å². The zero-order valence-electron chi connectivity index (χ0n) is 13.6. The number of allylic oxidation sites excluding steroid dienone is 3. The van der Waals surface area contributed by atoms with Crippen molar-refractivity contribution in [3.8, 4) is 0 Å². The Hall–Kier alpha value is -1.09. The van der Waals surface area contributed by atoms with Crippen molar-refractivity contribution in [3.63, 3.8) is 0 Å². The summed E-state index contributed by atoms with van der Waals surface area (Å²) in [7, 11) is 0. The fourth-order valence-corrected chi connectivity index (χ4v) is 6.94. The number of ketones is 1. The minimum absolute atomic E-state index is 0.0413. The number of epoxide rings is 1. The van der Waals surface area contributed by atoms with Crippen LogP contribution in [0.5, 0.6) is 0 Å². The van der Waals surface area contributed by atoms with Gasteiger partial charge < -0.3 is 9.84 Å². The first-order chi connectivity index (χ1) is 10.3. The topological polar surface area (TPSA) is 49.8 Å². The Morgan fingerprint density at radius 3 is 2.82 bits per heavy atom. The van der Waals surface area contributed by atoms with E-state index >= 15 is 0 Å². The number of rotatable bonds is 0. The maximum absolute atomic E-state index is 12.2. The van der Waals surface area contributed by atoms with Gasteiger partial charge in [0.25, 0.3) is 0 Å². The summed E-state index contributed by atoms with van der Waals surface area (Å²) in [4.78, 5) is 12.2. The molecule has 1 N–H and O–H groups in total. The molecule has 1 aliphatic heterocycles. The second-order valence-corrected chi connectivity index (χ2v) is 8.88. The van der Waals surface area contributed by atoms with Gasteiger partial charge in [-0.15, -0.1) is 0 Å². The van der Waals surface area contributed by atoms with Crippen LogP contribution in [0.2, 0.25) is 0 Å². The average Bonchev–Trinajstić information content (AvgIpc) is 3.23. The first-order valence-electron chi connectivity index (χ1n) is 8.64. The molecule has 0 unspecified atom stereocenters. The van der Waals surface area contributed by atoms with Crippen molar-refractivity contribution in [1.82, 2.24) is 0 Å². The smallest absolute Gasteiger partial charge is 0.222 e. The lowest BCUT2D eigenvalue weighted by Gasteiger charge is -2.58. The highest BCUT2D eigenvalue weighted by Crippen LogP contribution is 2.76. The lowest BCUT2D eigenvalue weighted by molar-refractivity contribution is -0.116. The van der Waals surface area contributed by atoms with Crippen molar-refractivity contribution in [1.29, 1.82) is 0 Å². The van der Waals surface area contributed by atoms with Gasteiger partial charge >= 0.3 is 0 Å². The highest BCUT2D eigenvalue weighted by atomic mass is 16.6. The Kier molecular flexibility index (Phi) is 2.14. The molecule has 3 heteroatoms. The van der Waals surface area contributed by atoms with Crippen molar-refractivity contribution in [3.05, 3.63) is 23.0 Å². The number of Topliss-reactive ketones (excluding diaryl/α,β-unsaturated/α-hetero) is 1. The number of hydrogen-bond donors (Lipinski definition) is 1. The van der Waals surface area contributed by atoms with E-state index < -0.39 is 0 Å². The van der Waals surface area contributed by atoms with Crippen molar-refractivity contribution in [2.75, 3.05) is 0 Å². The van der Waals surface area contributed by atoms with Gasteiger partial charge in [-0.1, -0.05) is 19.4 Å². The predicted octanol–water partition coefficient (Wildman–Crippen LogP) is 3.70. The molecule has 118 valence electrons. The first kappa shape index (κ1) is 13.4. The van der Waals surface area contributed by atoms with Crippen molar-refractivity contribution in [2.45, 2.75) is 65.1 Å². The van der Waals surface area contributed by atoms with Gasteiger partial charge in [0.15, 0.2) is 5.76 Å². The van der Waals surface area contributed by atoms with Crippen LogP contribution in [0.1, 0.15) is 52.9 Å². The van der Waals surface area contributed by atoms with Crippen LogP contribution in [0.3, 0.4) is 0 Å². The molecule has 5 aliphatic rings. The lowest BCUT2D eigenvalue weighted by atomic mass is 9.46. The van der Waals surface area contributed by atoms with Crippen LogP contribution in [0.25, 0.3) is 0 Å². The van der Waals surface area contributed by atoms with Crippen LogP contribution < -0.4 is 0 Å². The second kappa shape index (κ2) is 3.53. The quantitative estimate of drug-likeness (QED) is 0.694. The number of aliphatic hydroxyl groups excluding tert-OH is 1. The summed E-state index contributed by atoms with van der Waals surface area (Å²) in [6, 6.07) is 0. The maximum Gasteiger partial charge on any atom is 0.222 e. The molecular weight excluding hydrogens is 276 g/mol. The molecule has 5 rings (SSSR count). The number of fused-ring (bicyclic) bond motifs is 5. The van der Waals surface area contributed by atoms with E-state index in [0.717, 1.165) is 18.4 Å². The Labute approximate surface area is 131 Å². The lowest BCUT2D eigenvalue weighted by Crippen LogP contribution is -2.52. The second-order valence-electron chi connectivity index (χ2n) is 8.88. The van der Waals surface area contributed by atoms with Gasteiger partial charge in [-0.25, -0.2) is 0 Å². The third-order valence-corrected chi connectivity index (χ3v) is 7.85. The summed E-state index contributed by atoms with van der Waals surface area (Å²) >= 11 is 0. The van der Waals surface area contributed by atoms with Crippen molar-refractivity contribution >= 4 is 5.78 Å². The highest BCUT2D eigenvalue weighted by molar-refractivity contribution is 6.08. The number of carbonyl (C=O) groups excluding carboxylic acids is 1. The van der Waals surface area contributed by atoms with E-state index in [-0.39, 0.29) is 22.4 Å². The molecule has 3 saturated carbocycles. The largest absolute Gasteiger partial charge is 0.504 e. The Morgan fingerprint density at radius 1 is 1.27 bits per heavy atom. The SMILES string of the molecule is CC1=C2CC[C@]34C[C@](C)(CC[C@H]3[C@]2(C)C=C(O)C1=O)[C@H]1O[C@H]14. The van der Waals surface area contributed by atoms with Crippen molar-refractivity contribution in [2.24, 2.45) is 22.2 Å². The van der Waals surface area contributed by atoms with Gasteiger partial charge in [0.05, 0.1) is 12.2 Å². The molecule has 0 radical (unpaired) electrons. The molecule has 0 aromatic heterocycles. The molecule has 4 aliphatic carbocycles. The Balaban J connectivity index is 1.67. The normalized spacial score (nSPS) is 55.3. The molecule has 3 nitrogen and oxygen atoms in total. The molecule has 2 bridgehead atoms. The standard InChI is InChI=1S/C19H24O3/c1-10-11-4-7-19-9-17(2,15-16(19)22-15)6-5-13(19)18(11,3)8-12(20)14(10)21/h8,13,15-16,20H,4-7,9H2,1-3H3/t13-,15-,16+,17-,18+,19-/m0/s1. The molecule has 1 heterocycles. The molecule has 4 fully saturated rings. The molecule has 0 amide bonds. The summed E-state index contributed by atoms with van der Waals surface area (Å²) < 4.78 is 6.12. The fraction of sp³-hybridized carbons (Fsp3) is 0.737. The summed E-state index contributed by atoms with van der Waals surface area (Å²) in [6.45, 7) is 6.55. The van der Waals surface area contributed by atoms with E-state index in [1.165, 1.54) is 24.8 Å². The highest BCUT2D eigenvalue weighted by Gasteiger charge is 2.76. The van der Waals surface area contributed by atoms with E-state index in [1.807, 2.05) is 13.0 Å². The van der Waals surface area contributed by atoms with Crippen LogP contribution in [-0.4, -0.2) is 23.1 Å². The molecular formula is C19H24O3. The average molecular weight is 300 g/mol. The van der Waals surface area contributed by atoms with Crippen LogP contribution in [0.4, 0.5) is 0 Å². The minimum Gasteiger partial charge on any atom is -0.504 e. The first-order valence-corrected chi connectivity index (χ1v) is 8.64. The van der Waals surface area contributed by atoms with Gasteiger partial charge in [-0.2, -0.15) is 0 Å². The number of hydrogen-bond acceptors (Lipinski definition) is 3. The predicted molar refractivity (Wildman–Crippen MR) is 82.3 cm³/mol. The zero-order valence-corrected chi connectivity index (χ0v) is 13.6. The van der Waals surface area contributed by atoms with E-state index in [4.69, 9.17) is 4.74 Å². The maximum atomic E-state index is 12.2.